The van der Waals surface area contributed by atoms with Crippen LogP contribution in [0.2, 0.25) is 0 Å². The van der Waals surface area contributed by atoms with Crippen LogP contribution in [-0.2, 0) is 16.1 Å². The monoisotopic (exact) mass is 491 g/mol. The molecule has 0 radical (unpaired) electrons. The molecule has 36 heavy (non-hydrogen) atoms. The Morgan fingerprint density at radius 1 is 1.19 bits per heavy atom. The summed E-state index contributed by atoms with van der Waals surface area (Å²) in [5.74, 6) is 0.287. The fraction of sp³-hybridized carbons (Fsp3) is 0.393. The minimum absolute atomic E-state index is 0.0414. The summed E-state index contributed by atoms with van der Waals surface area (Å²) >= 11 is 0. The van der Waals surface area contributed by atoms with Crippen LogP contribution in [0.5, 0.6) is 11.5 Å². The number of methoxy groups -OCH3 is 1. The molecule has 0 spiro atoms. The van der Waals surface area contributed by atoms with Gasteiger partial charge in [-0.15, -0.1) is 0 Å². The first-order valence-corrected chi connectivity index (χ1v) is 12.3. The van der Waals surface area contributed by atoms with E-state index in [-0.39, 0.29) is 23.2 Å². The van der Waals surface area contributed by atoms with Crippen LogP contribution >= 0.6 is 0 Å². The Labute approximate surface area is 211 Å². The molecule has 8 heteroatoms. The molecule has 1 N–H and O–H groups in total. The summed E-state index contributed by atoms with van der Waals surface area (Å²) < 4.78 is 12.4. The van der Waals surface area contributed by atoms with Gasteiger partial charge >= 0.3 is 5.97 Å². The molecule has 3 aromatic rings. The van der Waals surface area contributed by atoms with E-state index >= 15 is 0 Å². The van der Waals surface area contributed by atoms with Crippen molar-refractivity contribution in [3.05, 3.63) is 87.6 Å². The molecule has 0 amide bonds. The van der Waals surface area contributed by atoms with Crippen LogP contribution < -0.4 is 10.3 Å². The number of benzene rings is 1. The van der Waals surface area contributed by atoms with Crippen molar-refractivity contribution in [3.8, 4) is 11.5 Å². The van der Waals surface area contributed by atoms with Gasteiger partial charge in [0.25, 0.3) is 5.56 Å². The van der Waals surface area contributed by atoms with Crippen molar-refractivity contribution in [2.45, 2.75) is 39.3 Å². The second-order valence-electron chi connectivity index (χ2n) is 9.08. The number of aryl methyl sites for hydroxylation is 1. The maximum Gasteiger partial charge on any atom is 0.309 e. The van der Waals surface area contributed by atoms with E-state index in [0.717, 1.165) is 11.1 Å². The summed E-state index contributed by atoms with van der Waals surface area (Å²) in [6, 6.07) is 12.5. The van der Waals surface area contributed by atoms with Crippen LogP contribution in [-0.4, -0.2) is 52.3 Å². The minimum Gasteiger partial charge on any atom is -0.507 e. The van der Waals surface area contributed by atoms with Crippen LogP contribution in [0, 0.1) is 12.8 Å². The first-order valence-electron chi connectivity index (χ1n) is 12.3. The second-order valence-corrected chi connectivity index (χ2v) is 9.08. The number of carbonyl (C=O) groups excluding carboxylic acids is 1. The fourth-order valence-corrected chi connectivity index (χ4v) is 4.92. The average Bonchev–Trinajstić information content (AvgIpc) is 2.90. The number of ether oxygens (including phenoxy) is 2. The SMILES string of the molecule is CCOC(=O)C1CCN([C@@H](c2cccc(OC)c2)c2c(O)cc(C)n(Cc3cccnc3)c2=O)CC1. The number of piperidine rings is 1. The Morgan fingerprint density at radius 2 is 1.97 bits per heavy atom. The number of rotatable bonds is 8. The third-order valence-corrected chi connectivity index (χ3v) is 6.78. The van der Waals surface area contributed by atoms with E-state index in [1.54, 1.807) is 30.1 Å². The largest absolute Gasteiger partial charge is 0.507 e. The summed E-state index contributed by atoms with van der Waals surface area (Å²) in [4.78, 5) is 32.6. The zero-order chi connectivity index (χ0) is 25.7. The molecule has 1 aromatic carbocycles. The molecule has 1 fully saturated rings. The summed E-state index contributed by atoms with van der Waals surface area (Å²) in [6.45, 7) is 5.50. The summed E-state index contributed by atoms with van der Waals surface area (Å²) in [5, 5.41) is 11.1. The van der Waals surface area contributed by atoms with Crippen molar-refractivity contribution < 1.29 is 19.4 Å². The molecule has 4 rings (SSSR count). The predicted molar refractivity (Wildman–Crippen MR) is 136 cm³/mol. The Hall–Kier alpha value is -3.65. The fourth-order valence-electron chi connectivity index (χ4n) is 4.92. The molecule has 8 nitrogen and oxygen atoms in total. The van der Waals surface area contributed by atoms with Gasteiger partial charge in [0.2, 0.25) is 0 Å². The normalized spacial score (nSPS) is 15.4. The van der Waals surface area contributed by atoms with Crippen LogP contribution in [0.3, 0.4) is 0 Å². The Morgan fingerprint density at radius 3 is 2.64 bits per heavy atom. The van der Waals surface area contributed by atoms with E-state index < -0.39 is 6.04 Å². The molecule has 3 heterocycles. The molecule has 1 aliphatic heterocycles. The molecule has 190 valence electrons. The smallest absolute Gasteiger partial charge is 0.309 e. The molecule has 2 aromatic heterocycles. The molecule has 0 bridgehead atoms. The zero-order valence-electron chi connectivity index (χ0n) is 21.0. The standard InChI is InChI=1S/C28H33N3O5/c1-4-36-28(34)21-10-13-30(14-11-21)26(22-8-5-9-23(16-22)35-3)25-24(32)15-19(2)31(27(25)33)18-20-7-6-12-29-17-20/h5-9,12,15-17,21,26,32H,4,10-11,13-14,18H2,1-3H3/t26-/m0/s1. The summed E-state index contributed by atoms with van der Waals surface area (Å²) in [7, 11) is 1.60. The number of esters is 1. The number of hydrogen-bond donors (Lipinski definition) is 1. The Bertz CT molecular complexity index is 1250. The lowest BCUT2D eigenvalue weighted by Gasteiger charge is -2.37. The highest BCUT2D eigenvalue weighted by Gasteiger charge is 2.34. The number of nitrogens with zero attached hydrogens (tertiary/aromatic N) is 3. The average molecular weight is 492 g/mol. The molecular weight excluding hydrogens is 458 g/mol. The van der Waals surface area contributed by atoms with Gasteiger partial charge in [-0.3, -0.25) is 19.5 Å². The van der Waals surface area contributed by atoms with Gasteiger partial charge < -0.3 is 19.1 Å². The van der Waals surface area contributed by atoms with Crippen LogP contribution in [0.15, 0.2) is 59.7 Å². The molecule has 1 aliphatic rings. The van der Waals surface area contributed by atoms with Gasteiger partial charge in [-0.05, 0) is 75.2 Å². The van der Waals surface area contributed by atoms with Crippen molar-refractivity contribution in [1.29, 1.82) is 0 Å². The predicted octanol–water partition coefficient (Wildman–Crippen LogP) is 3.68. The van der Waals surface area contributed by atoms with Crippen molar-refractivity contribution >= 4 is 5.97 Å². The van der Waals surface area contributed by atoms with E-state index in [1.807, 2.05) is 50.2 Å². The van der Waals surface area contributed by atoms with Crippen molar-refractivity contribution in [1.82, 2.24) is 14.5 Å². The lowest BCUT2D eigenvalue weighted by atomic mass is 9.91. The van der Waals surface area contributed by atoms with Crippen molar-refractivity contribution in [2.24, 2.45) is 5.92 Å². The summed E-state index contributed by atoms with van der Waals surface area (Å²) in [5.41, 5.74) is 2.46. The number of carbonyl (C=O) groups is 1. The molecule has 1 saturated heterocycles. The maximum atomic E-state index is 13.9. The van der Waals surface area contributed by atoms with E-state index in [4.69, 9.17) is 9.47 Å². The summed E-state index contributed by atoms with van der Waals surface area (Å²) in [6.07, 6.45) is 4.67. The van der Waals surface area contributed by atoms with Gasteiger partial charge in [-0.25, -0.2) is 0 Å². The topological polar surface area (TPSA) is 93.9 Å². The molecule has 0 saturated carbocycles. The van der Waals surface area contributed by atoms with Crippen molar-refractivity contribution in [3.63, 3.8) is 0 Å². The first kappa shape index (κ1) is 25.4. The molecule has 0 unspecified atom stereocenters. The van der Waals surface area contributed by atoms with Crippen molar-refractivity contribution in [2.75, 3.05) is 26.8 Å². The zero-order valence-corrected chi connectivity index (χ0v) is 21.0. The maximum absolute atomic E-state index is 13.9. The molecule has 1 atom stereocenters. The quantitative estimate of drug-likeness (QED) is 0.481. The van der Waals surface area contributed by atoms with Crippen LogP contribution in [0.25, 0.3) is 0 Å². The second kappa shape index (κ2) is 11.4. The minimum atomic E-state index is -0.503. The van der Waals surface area contributed by atoms with Gasteiger partial charge in [-0.2, -0.15) is 0 Å². The van der Waals surface area contributed by atoms with Crippen LogP contribution in [0.4, 0.5) is 0 Å². The van der Waals surface area contributed by atoms with E-state index in [2.05, 4.69) is 9.88 Å². The molecule has 0 aliphatic carbocycles. The Kier molecular flexibility index (Phi) is 8.05. The van der Waals surface area contributed by atoms with Gasteiger partial charge in [-0.1, -0.05) is 18.2 Å². The number of aromatic hydroxyl groups is 1. The van der Waals surface area contributed by atoms with E-state index in [9.17, 15) is 14.7 Å². The van der Waals surface area contributed by atoms with E-state index in [1.165, 1.54) is 0 Å². The van der Waals surface area contributed by atoms with E-state index in [0.29, 0.717) is 56.1 Å². The lowest BCUT2D eigenvalue weighted by molar-refractivity contribution is -0.149. The highest BCUT2D eigenvalue weighted by Crippen LogP contribution is 2.36. The third kappa shape index (κ3) is 5.44. The number of hydrogen-bond acceptors (Lipinski definition) is 7. The highest BCUT2D eigenvalue weighted by molar-refractivity contribution is 5.72. The Balaban J connectivity index is 1.76. The number of likely N-dealkylation sites (tertiary alicyclic amines) is 1. The van der Waals surface area contributed by atoms with Gasteiger partial charge in [0.1, 0.15) is 11.5 Å². The number of aromatic nitrogens is 2. The van der Waals surface area contributed by atoms with Gasteiger partial charge in [0.05, 0.1) is 37.8 Å². The van der Waals surface area contributed by atoms with Crippen LogP contribution in [0.1, 0.15) is 48.2 Å². The highest BCUT2D eigenvalue weighted by atomic mass is 16.5. The number of pyridine rings is 2. The first-order chi connectivity index (χ1) is 17.4. The van der Waals surface area contributed by atoms with Gasteiger partial charge in [0.15, 0.2) is 0 Å². The molecular formula is C28H33N3O5. The lowest BCUT2D eigenvalue weighted by Crippen LogP contribution is -2.42. The third-order valence-electron chi connectivity index (χ3n) is 6.78. The van der Waals surface area contributed by atoms with Gasteiger partial charge in [0, 0.05) is 18.1 Å².